The molecule has 0 saturated carbocycles. The zero-order chi connectivity index (χ0) is 14.1. The zero-order valence-electron chi connectivity index (χ0n) is 10.6. The van der Waals surface area contributed by atoms with Crippen LogP contribution in [-0.4, -0.2) is 9.55 Å². The van der Waals surface area contributed by atoms with Crippen molar-refractivity contribution in [2.75, 3.05) is 0 Å². The number of nitrogens with zero attached hydrogens (tertiary/aromatic N) is 2. The molecule has 0 aliphatic carbocycles. The summed E-state index contributed by atoms with van der Waals surface area (Å²) in [6.45, 7) is 0.613. The second-order valence-corrected chi connectivity index (χ2v) is 5.50. The lowest BCUT2D eigenvalue weighted by Gasteiger charge is -2.15. The Kier molecular flexibility index (Phi) is 3.66. The summed E-state index contributed by atoms with van der Waals surface area (Å²) in [6.07, 6.45) is 1.80. The highest BCUT2D eigenvalue weighted by Crippen LogP contribution is 2.26. The summed E-state index contributed by atoms with van der Waals surface area (Å²) >= 11 is 12.1. The molecule has 0 aliphatic rings. The van der Waals surface area contributed by atoms with E-state index < -0.39 is 0 Å². The molecule has 0 aliphatic heterocycles. The lowest BCUT2D eigenvalue weighted by molar-refractivity contribution is 0.589. The van der Waals surface area contributed by atoms with E-state index in [9.17, 15) is 0 Å². The molecular weight excluding hydrogens is 293 g/mol. The van der Waals surface area contributed by atoms with Crippen molar-refractivity contribution in [2.24, 2.45) is 5.73 Å². The van der Waals surface area contributed by atoms with Crippen LogP contribution in [0.25, 0.3) is 11.0 Å². The van der Waals surface area contributed by atoms with Crippen molar-refractivity contribution in [2.45, 2.75) is 12.6 Å². The minimum atomic E-state index is -0.211. The van der Waals surface area contributed by atoms with Crippen LogP contribution in [0.15, 0.2) is 48.8 Å². The summed E-state index contributed by atoms with van der Waals surface area (Å²) in [5, 5.41) is 1.20. The molecule has 1 atom stereocenters. The Morgan fingerprint density at radius 1 is 1.15 bits per heavy atom. The van der Waals surface area contributed by atoms with E-state index in [0.717, 1.165) is 16.6 Å². The molecule has 2 aromatic carbocycles. The van der Waals surface area contributed by atoms with E-state index in [0.29, 0.717) is 16.6 Å². The highest BCUT2D eigenvalue weighted by molar-refractivity contribution is 6.35. The summed E-state index contributed by atoms with van der Waals surface area (Å²) < 4.78 is 2.03. The molecule has 2 N–H and O–H groups in total. The Morgan fingerprint density at radius 2 is 1.95 bits per heavy atom. The van der Waals surface area contributed by atoms with E-state index in [4.69, 9.17) is 28.9 Å². The van der Waals surface area contributed by atoms with Gasteiger partial charge in [0.1, 0.15) is 0 Å². The van der Waals surface area contributed by atoms with Gasteiger partial charge in [-0.15, -0.1) is 0 Å². The van der Waals surface area contributed by atoms with Crippen LogP contribution in [0, 0.1) is 0 Å². The van der Waals surface area contributed by atoms with Gasteiger partial charge in [0.05, 0.1) is 17.4 Å². The number of rotatable bonds is 3. The molecule has 1 heterocycles. The molecule has 5 heteroatoms. The van der Waals surface area contributed by atoms with E-state index in [1.165, 1.54) is 0 Å². The average Bonchev–Trinajstić information content (AvgIpc) is 2.82. The van der Waals surface area contributed by atoms with E-state index >= 15 is 0 Å². The van der Waals surface area contributed by atoms with Crippen LogP contribution in [0.2, 0.25) is 10.0 Å². The predicted octanol–water partition coefficient (Wildman–Crippen LogP) is 4.04. The summed E-state index contributed by atoms with van der Waals surface area (Å²) in [5.41, 5.74) is 9.16. The lowest BCUT2D eigenvalue weighted by atomic mass is 10.1. The fourth-order valence-electron chi connectivity index (χ4n) is 2.27. The van der Waals surface area contributed by atoms with Crippen molar-refractivity contribution in [1.29, 1.82) is 0 Å². The number of aromatic nitrogens is 2. The Morgan fingerprint density at radius 3 is 2.75 bits per heavy atom. The lowest BCUT2D eigenvalue weighted by Crippen LogP contribution is -2.17. The molecule has 0 amide bonds. The smallest absolute Gasteiger partial charge is 0.0958 e. The maximum absolute atomic E-state index is 6.25. The largest absolute Gasteiger partial charge is 0.329 e. The Bertz CT molecular complexity index is 752. The van der Waals surface area contributed by atoms with Crippen LogP contribution in [0.1, 0.15) is 11.6 Å². The molecule has 1 aromatic heterocycles. The molecule has 0 radical (unpaired) electrons. The van der Waals surface area contributed by atoms with Crippen LogP contribution < -0.4 is 5.73 Å². The van der Waals surface area contributed by atoms with Gasteiger partial charge in [-0.2, -0.15) is 0 Å². The normalized spacial score (nSPS) is 12.8. The van der Waals surface area contributed by atoms with Crippen molar-refractivity contribution < 1.29 is 0 Å². The summed E-state index contributed by atoms with van der Waals surface area (Å²) in [4.78, 5) is 4.36. The summed E-state index contributed by atoms with van der Waals surface area (Å²) in [6, 6.07) is 13.1. The number of nitrogens with two attached hydrogens (primary N) is 1. The van der Waals surface area contributed by atoms with Crippen LogP contribution in [0.5, 0.6) is 0 Å². The molecule has 0 spiro atoms. The minimum Gasteiger partial charge on any atom is -0.329 e. The first kappa shape index (κ1) is 13.4. The average molecular weight is 306 g/mol. The quantitative estimate of drug-likeness (QED) is 0.793. The molecule has 3 rings (SSSR count). The van der Waals surface area contributed by atoms with E-state index in [-0.39, 0.29) is 6.04 Å². The standard InChI is InChI=1S/C15H13Cl2N3/c16-10-5-6-11(12(17)7-10)13(18)8-20-9-19-14-3-1-2-4-15(14)20/h1-7,9,13H,8,18H2. The number of halogens is 2. The number of benzene rings is 2. The van der Waals surface area contributed by atoms with Crippen LogP contribution in [-0.2, 0) is 6.54 Å². The first-order valence-electron chi connectivity index (χ1n) is 6.25. The van der Waals surface area contributed by atoms with Gasteiger partial charge in [-0.05, 0) is 29.8 Å². The summed E-state index contributed by atoms with van der Waals surface area (Å²) in [5.74, 6) is 0. The third-order valence-electron chi connectivity index (χ3n) is 3.28. The molecule has 3 aromatic rings. The number of hydrogen-bond acceptors (Lipinski definition) is 2. The van der Waals surface area contributed by atoms with Crippen LogP contribution >= 0.6 is 23.2 Å². The van der Waals surface area contributed by atoms with Crippen LogP contribution in [0.3, 0.4) is 0 Å². The monoisotopic (exact) mass is 305 g/mol. The number of fused-ring (bicyclic) bond motifs is 1. The second kappa shape index (κ2) is 5.44. The number of imidazole rings is 1. The van der Waals surface area contributed by atoms with E-state index in [2.05, 4.69) is 4.98 Å². The van der Waals surface area contributed by atoms with Gasteiger partial charge in [-0.3, -0.25) is 0 Å². The van der Waals surface area contributed by atoms with Gasteiger partial charge in [0.15, 0.2) is 0 Å². The highest BCUT2D eigenvalue weighted by atomic mass is 35.5. The molecule has 1 unspecified atom stereocenters. The third-order valence-corrected chi connectivity index (χ3v) is 3.85. The van der Waals surface area contributed by atoms with Crippen molar-refractivity contribution in [3.63, 3.8) is 0 Å². The molecule has 0 fully saturated rings. The molecule has 0 bridgehead atoms. The predicted molar refractivity (Wildman–Crippen MR) is 83.1 cm³/mol. The Balaban J connectivity index is 1.90. The Labute approximate surface area is 126 Å². The van der Waals surface area contributed by atoms with Crippen LogP contribution in [0.4, 0.5) is 0 Å². The molecule has 3 nitrogen and oxygen atoms in total. The fourth-order valence-corrected chi connectivity index (χ4v) is 2.82. The molecule has 102 valence electrons. The van der Waals surface area contributed by atoms with Crippen molar-refractivity contribution in [3.8, 4) is 0 Å². The number of para-hydroxylation sites is 2. The van der Waals surface area contributed by atoms with Gasteiger partial charge in [0.2, 0.25) is 0 Å². The van der Waals surface area contributed by atoms with Gasteiger partial charge < -0.3 is 10.3 Å². The molecule has 20 heavy (non-hydrogen) atoms. The van der Waals surface area contributed by atoms with Gasteiger partial charge in [0.25, 0.3) is 0 Å². The number of hydrogen-bond donors (Lipinski definition) is 1. The SMILES string of the molecule is NC(Cn1cnc2ccccc21)c1ccc(Cl)cc1Cl. The fraction of sp³-hybridized carbons (Fsp3) is 0.133. The van der Waals surface area contributed by atoms with Gasteiger partial charge in [-0.1, -0.05) is 41.4 Å². The zero-order valence-corrected chi connectivity index (χ0v) is 12.1. The highest BCUT2D eigenvalue weighted by Gasteiger charge is 2.12. The minimum absolute atomic E-state index is 0.211. The van der Waals surface area contributed by atoms with E-state index in [1.807, 2.05) is 34.9 Å². The van der Waals surface area contributed by atoms with Crippen molar-refractivity contribution >= 4 is 34.2 Å². The van der Waals surface area contributed by atoms with E-state index in [1.54, 1.807) is 18.5 Å². The van der Waals surface area contributed by atoms with Crippen molar-refractivity contribution in [1.82, 2.24) is 9.55 Å². The van der Waals surface area contributed by atoms with Crippen molar-refractivity contribution in [3.05, 3.63) is 64.4 Å². The third kappa shape index (κ3) is 2.52. The van der Waals surface area contributed by atoms with Gasteiger partial charge in [-0.25, -0.2) is 4.98 Å². The first-order valence-corrected chi connectivity index (χ1v) is 7.01. The Hall–Kier alpha value is -1.55. The van der Waals surface area contributed by atoms with Gasteiger partial charge >= 0.3 is 0 Å². The first-order chi connectivity index (χ1) is 9.65. The summed E-state index contributed by atoms with van der Waals surface area (Å²) in [7, 11) is 0. The molecular formula is C15H13Cl2N3. The maximum atomic E-state index is 6.25. The second-order valence-electron chi connectivity index (χ2n) is 4.66. The molecule has 0 saturated heterocycles. The van der Waals surface area contributed by atoms with Gasteiger partial charge in [0, 0.05) is 22.6 Å². The maximum Gasteiger partial charge on any atom is 0.0958 e. The topological polar surface area (TPSA) is 43.8 Å².